The molecular formula is C26H32N4O3. The van der Waals surface area contributed by atoms with Crippen molar-refractivity contribution in [1.82, 2.24) is 14.9 Å². The Morgan fingerprint density at radius 3 is 2.42 bits per heavy atom. The molecule has 3 aromatic rings. The van der Waals surface area contributed by atoms with Crippen molar-refractivity contribution in [3.8, 4) is 17.1 Å². The van der Waals surface area contributed by atoms with Crippen LogP contribution in [0.25, 0.3) is 22.3 Å². The number of piperazine rings is 1. The average molecular weight is 449 g/mol. The number of phenols is 1. The van der Waals surface area contributed by atoms with Crippen molar-refractivity contribution in [2.45, 2.75) is 40.2 Å². The summed E-state index contributed by atoms with van der Waals surface area (Å²) >= 11 is 0. The number of aromatic hydroxyl groups is 1. The van der Waals surface area contributed by atoms with Gasteiger partial charge in [-0.05, 0) is 48.6 Å². The van der Waals surface area contributed by atoms with Crippen LogP contribution in [-0.4, -0.2) is 63.3 Å². The molecule has 2 N–H and O–H groups in total. The largest absolute Gasteiger partial charge is 0.507 e. The molecule has 7 heteroatoms. The number of aliphatic hydroxyl groups excluding tert-OH is 1. The Morgan fingerprint density at radius 1 is 1.06 bits per heavy atom. The van der Waals surface area contributed by atoms with E-state index in [1.54, 1.807) is 17.0 Å². The summed E-state index contributed by atoms with van der Waals surface area (Å²) in [5.41, 5.74) is 2.38. The van der Waals surface area contributed by atoms with Crippen molar-refractivity contribution < 1.29 is 15.0 Å². The average Bonchev–Trinajstić information content (AvgIpc) is 2.77. The van der Waals surface area contributed by atoms with Gasteiger partial charge >= 0.3 is 0 Å². The third-order valence-electron chi connectivity index (χ3n) is 5.96. The maximum Gasteiger partial charge on any atom is 0.251 e. The van der Waals surface area contributed by atoms with Gasteiger partial charge in [0.1, 0.15) is 17.7 Å². The second-order valence-corrected chi connectivity index (χ2v) is 10.0. The zero-order valence-electron chi connectivity index (χ0n) is 19.7. The number of hydrogen-bond donors (Lipinski definition) is 2. The number of aromatic nitrogens is 2. The Morgan fingerprint density at radius 2 is 1.76 bits per heavy atom. The molecule has 0 radical (unpaired) electrons. The molecule has 0 spiro atoms. The summed E-state index contributed by atoms with van der Waals surface area (Å²) < 4.78 is 0. The molecule has 1 aliphatic heterocycles. The normalized spacial score (nSPS) is 15.7. The van der Waals surface area contributed by atoms with E-state index in [0.717, 1.165) is 22.3 Å². The van der Waals surface area contributed by atoms with Gasteiger partial charge < -0.3 is 20.0 Å². The van der Waals surface area contributed by atoms with Crippen LogP contribution in [0.4, 0.5) is 5.82 Å². The van der Waals surface area contributed by atoms with Gasteiger partial charge in [0.2, 0.25) is 0 Å². The predicted molar refractivity (Wildman–Crippen MR) is 130 cm³/mol. The number of aliphatic hydroxyl groups is 1. The fourth-order valence-corrected chi connectivity index (χ4v) is 4.26. The van der Waals surface area contributed by atoms with Crippen LogP contribution in [0.15, 0.2) is 42.5 Å². The third kappa shape index (κ3) is 5.09. The molecule has 2 aromatic carbocycles. The molecule has 174 valence electrons. The summed E-state index contributed by atoms with van der Waals surface area (Å²) in [6, 6.07) is 13.2. The summed E-state index contributed by atoms with van der Waals surface area (Å²) in [5, 5.41) is 21.7. The number of benzene rings is 2. The highest BCUT2D eigenvalue weighted by Crippen LogP contribution is 2.32. The third-order valence-corrected chi connectivity index (χ3v) is 5.96. The van der Waals surface area contributed by atoms with Gasteiger partial charge in [0.05, 0.1) is 11.1 Å². The number of para-hydroxylation sites is 1. The molecule has 1 saturated heterocycles. The number of fused-ring (bicyclic) bond motifs is 1. The van der Waals surface area contributed by atoms with Gasteiger partial charge in [-0.25, -0.2) is 9.97 Å². The van der Waals surface area contributed by atoms with Crippen molar-refractivity contribution in [3.05, 3.63) is 48.0 Å². The zero-order chi connectivity index (χ0) is 23.8. The first-order valence-electron chi connectivity index (χ1n) is 11.4. The fraction of sp³-hybridized carbons (Fsp3) is 0.423. The van der Waals surface area contributed by atoms with E-state index in [4.69, 9.17) is 9.97 Å². The molecular weight excluding hydrogens is 416 g/mol. The first kappa shape index (κ1) is 23.0. The molecule has 4 rings (SSSR count). The summed E-state index contributed by atoms with van der Waals surface area (Å²) in [4.78, 5) is 26.2. The van der Waals surface area contributed by atoms with Crippen molar-refractivity contribution in [3.63, 3.8) is 0 Å². The smallest absolute Gasteiger partial charge is 0.251 e. The Balaban J connectivity index is 1.61. The number of anilines is 1. The van der Waals surface area contributed by atoms with Gasteiger partial charge in [-0.3, -0.25) is 4.79 Å². The summed E-state index contributed by atoms with van der Waals surface area (Å²) in [6.07, 6.45) is -0.543. The van der Waals surface area contributed by atoms with E-state index in [1.165, 1.54) is 0 Å². The highest BCUT2D eigenvalue weighted by Gasteiger charge is 2.30. The quantitative estimate of drug-likeness (QED) is 0.632. The minimum Gasteiger partial charge on any atom is -0.507 e. The number of carbonyl (C=O) groups is 1. The van der Waals surface area contributed by atoms with Gasteiger partial charge in [-0.1, -0.05) is 39.0 Å². The van der Waals surface area contributed by atoms with Crippen molar-refractivity contribution >= 4 is 22.6 Å². The second kappa shape index (κ2) is 8.98. The number of amides is 1. The zero-order valence-corrected chi connectivity index (χ0v) is 19.7. The summed E-state index contributed by atoms with van der Waals surface area (Å²) in [7, 11) is 0. The van der Waals surface area contributed by atoms with E-state index < -0.39 is 6.10 Å². The Bertz CT molecular complexity index is 1160. The molecule has 0 saturated carbocycles. The lowest BCUT2D eigenvalue weighted by Crippen LogP contribution is -2.52. The Hall–Kier alpha value is -3.19. The molecule has 1 amide bonds. The molecule has 1 unspecified atom stereocenters. The van der Waals surface area contributed by atoms with E-state index in [1.807, 2.05) is 58.0 Å². The second-order valence-electron chi connectivity index (χ2n) is 10.0. The van der Waals surface area contributed by atoms with E-state index in [2.05, 4.69) is 4.90 Å². The standard InChI is InChI=1S/C26H32N4O3/c1-17-9-10-18-20(15-17)27-23(19-7-5-6-8-21(19)31)28-24(18)29-11-13-30(14-12-29)25(33)22(32)16-26(2,3)4/h5-10,15,22,31-32H,11-14,16H2,1-4H3. The topological polar surface area (TPSA) is 89.8 Å². The number of nitrogens with zero attached hydrogens (tertiary/aromatic N) is 4. The predicted octanol–water partition coefficient (Wildman–Crippen LogP) is 3.76. The van der Waals surface area contributed by atoms with Crippen LogP contribution in [0.2, 0.25) is 0 Å². The minimum absolute atomic E-state index is 0.117. The fourth-order valence-electron chi connectivity index (χ4n) is 4.26. The number of carbonyl (C=O) groups excluding carboxylic acids is 1. The highest BCUT2D eigenvalue weighted by molar-refractivity contribution is 5.92. The minimum atomic E-state index is -0.980. The molecule has 0 aliphatic carbocycles. The molecule has 1 fully saturated rings. The lowest BCUT2D eigenvalue weighted by atomic mass is 9.89. The summed E-state index contributed by atoms with van der Waals surface area (Å²) in [5.74, 6) is 1.20. The van der Waals surface area contributed by atoms with Crippen LogP contribution >= 0.6 is 0 Å². The van der Waals surface area contributed by atoms with E-state index in [0.29, 0.717) is 44.0 Å². The number of phenolic OH excluding ortho intramolecular Hbond substituents is 1. The van der Waals surface area contributed by atoms with E-state index in [9.17, 15) is 15.0 Å². The number of hydrogen-bond acceptors (Lipinski definition) is 6. The van der Waals surface area contributed by atoms with Crippen LogP contribution in [0, 0.1) is 12.3 Å². The SMILES string of the molecule is Cc1ccc2c(N3CCN(C(=O)C(O)CC(C)(C)C)CC3)nc(-c3ccccc3O)nc2c1. The maximum absolute atomic E-state index is 12.7. The van der Waals surface area contributed by atoms with E-state index in [-0.39, 0.29) is 17.1 Å². The van der Waals surface area contributed by atoms with Crippen LogP contribution < -0.4 is 4.90 Å². The first-order valence-corrected chi connectivity index (χ1v) is 11.4. The monoisotopic (exact) mass is 448 g/mol. The van der Waals surface area contributed by atoms with Gasteiger partial charge in [-0.2, -0.15) is 0 Å². The molecule has 2 heterocycles. The van der Waals surface area contributed by atoms with Gasteiger partial charge in [0, 0.05) is 31.6 Å². The lowest BCUT2D eigenvalue weighted by molar-refractivity contribution is -0.142. The van der Waals surface area contributed by atoms with Gasteiger partial charge in [0.15, 0.2) is 5.82 Å². The van der Waals surface area contributed by atoms with Crippen LogP contribution in [0.5, 0.6) is 5.75 Å². The molecule has 1 aliphatic rings. The van der Waals surface area contributed by atoms with Gasteiger partial charge in [-0.15, -0.1) is 0 Å². The molecule has 33 heavy (non-hydrogen) atoms. The molecule has 0 bridgehead atoms. The lowest BCUT2D eigenvalue weighted by Gasteiger charge is -2.37. The van der Waals surface area contributed by atoms with E-state index >= 15 is 0 Å². The van der Waals surface area contributed by atoms with Crippen molar-refractivity contribution in [1.29, 1.82) is 0 Å². The van der Waals surface area contributed by atoms with Crippen molar-refractivity contribution in [2.24, 2.45) is 5.41 Å². The molecule has 7 nitrogen and oxygen atoms in total. The number of rotatable bonds is 4. The first-order chi connectivity index (χ1) is 15.6. The number of aryl methyl sites for hydroxylation is 1. The highest BCUT2D eigenvalue weighted by atomic mass is 16.3. The molecule has 1 atom stereocenters. The van der Waals surface area contributed by atoms with Crippen LogP contribution in [-0.2, 0) is 4.79 Å². The van der Waals surface area contributed by atoms with Crippen molar-refractivity contribution in [2.75, 3.05) is 31.1 Å². The van der Waals surface area contributed by atoms with Gasteiger partial charge in [0.25, 0.3) is 5.91 Å². The van der Waals surface area contributed by atoms with Crippen LogP contribution in [0.1, 0.15) is 32.8 Å². The Labute approximate surface area is 194 Å². The molecule has 1 aromatic heterocycles. The summed E-state index contributed by atoms with van der Waals surface area (Å²) in [6.45, 7) is 10.3. The Kier molecular flexibility index (Phi) is 6.26. The maximum atomic E-state index is 12.7. The van der Waals surface area contributed by atoms with Crippen LogP contribution in [0.3, 0.4) is 0 Å².